The third-order valence-electron chi connectivity index (χ3n) is 2.64. The van der Waals surface area contributed by atoms with Gasteiger partial charge in [-0.15, -0.1) is 0 Å². The van der Waals surface area contributed by atoms with Crippen LogP contribution in [0.5, 0.6) is 0 Å². The van der Waals surface area contributed by atoms with E-state index in [9.17, 15) is 4.79 Å². The third-order valence-corrected chi connectivity index (χ3v) is 2.64. The third kappa shape index (κ3) is 1.93. The van der Waals surface area contributed by atoms with Gasteiger partial charge in [-0.2, -0.15) is 0 Å². The fourth-order valence-electron chi connectivity index (χ4n) is 1.75. The van der Waals surface area contributed by atoms with E-state index in [-0.39, 0.29) is 5.91 Å². The van der Waals surface area contributed by atoms with Crippen molar-refractivity contribution in [1.29, 1.82) is 0 Å². The van der Waals surface area contributed by atoms with Gasteiger partial charge in [-0.25, -0.2) is 9.97 Å². The number of carbonyl (C=O) groups is 1. The molecule has 2 heterocycles. The first-order valence-electron chi connectivity index (χ1n) is 5.47. The van der Waals surface area contributed by atoms with Crippen LogP contribution in [0.4, 0.5) is 5.82 Å². The number of hydrogen-bond acceptors (Lipinski definition) is 3. The van der Waals surface area contributed by atoms with Gasteiger partial charge in [0.05, 0.1) is 0 Å². The standard InChI is InChI=1S/C13H10N4O/c18-13(17-12-4-5-14-8-16-12)10-1-2-11-9(7-10)3-6-15-11/h1-8,15H,(H,14,16,17,18). The fourth-order valence-corrected chi connectivity index (χ4v) is 1.75. The number of nitrogens with zero attached hydrogens (tertiary/aromatic N) is 2. The maximum absolute atomic E-state index is 12.0. The van der Waals surface area contributed by atoms with Crippen molar-refractivity contribution >= 4 is 22.6 Å². The number of amides is 1. The summed E-state index contributed by atoms with van der Waals surface area (Å²) in [6, 6.07) is 9.06. The monoisotopic (exact) mass is 238 g/mol. The highest BCUT2D eigenvalue weighted by Gasteiger charge is 2.07. The minimum Gasteiger partial charge on any atom is -0.361 e. The smallest absolute Gasteiger partial charge is 0.256 e. The van der Waals surface area contributed by atoms with Crippen LogP contribution in [0, 0.1) is 0 Å². The van der Waals surface area contributed by atoms with Crippen molar-refractivity contribution in [2.24, 2.45) is 0 Å². The van der Waals surface area contributed by atoms with E-state index >= 15 is 0 Å². The number of anilines is 1. The fraction of sp³-hybridized carbons (Fsp3) is 0. The van der Waals surface area contributed by atoms with Crippen LogP contribution in [0.3, 0.4) is 0 Å². The number of rotatable bonds is 2. The zero-order chi connectivity index (χ0) is 12.4. The van der Waals surface area contributed by atoms with Crippen molar-refractivity contribution in [3.63, 3.8) is 0 Å². The van der Waals surface area contributed by atoms with Gasteiger partial charge in [0.15, 0.2) is 0 Å². The van der Waals surface area contributed by atoms with Crippen molar-refractivity contribution < 1.29 is 4.79 Å². The molecule has 88 valence electrons. The summed E-state index contributed by atoms with van der Waals surface area (Å²) in [6.07, 6.45) is 4.82. The summed E-state index contributed by atoms with van der Waals surface area (Å²) in [6.45, 7) is 0. The zero-order valence-electron chi connectivity index (χ0n) is 9.42. The Labute approximate surface area is 103 Å². The summed E-state index contributed by atoms with van der Waals surface area (Å²) in [4.78, 5) is 22.8. The Morgan fingerprint density at radius 1 is 1.22 bits per heavy atom. The number of nitrogens with one attached hydrogen (secondary N) is 2. The van der Waals surface area contributed by atoms with E-state index in [0.29, 0.717) is 11.4 Å². The molecule has 0 aliphatic rings. The van der Waals surface area contributed by atoms with Crippen LogP contribution in [0.1, 0.15) is 10.4 Å². The van der Waals surface area contributed by atoms with Crippen molar-refractivity contribution in [2.45, 2.75) is 0 Å². The molecule has 0 saturated carbocycles. The van der Waals surface area contributed by atoms with Gasteiger partial charge in [-0.1, -0.05) is 0 Å². The lowest BCUT2D eigenvalue weighted by atomic mass is 10.1. The first-order chi connectivity index (χ1) is 8.83. The van der Waals surface area contributed by atoms with Crippen molar-refractivity contribution in [1.82, 2.24) is 15.0 Å². The second-order valence-electron chi connectivity index (χ2n) is 3.83. The van der Waals surface area contributed by atoms with Gasteiger partial charge in [0.2, 0.25) is 0 Å². The molecule has 0 aliphatic carbocycles. The van der Waals surface area contributed by atoms with Gasteiger partial charge in [0, 0.05) is 28.9 Å². The molecule has 18 heavy (non-hydrogen) atoms. The Balaban J connectivity index is 1.87. The van der Waals surface area contributed by atoms with Crippen LogP contribution in [-0.2, 0) is 0 Å². The minimum atomic E-state index is -0.184. The molecule has 5 nitrogen and oxygen atoms in total. The van der Waals surface area contributed by atoms with Crippen molar-refractivity contribution in [2.75, 3.05) is 5.32 Å². The largest absolute Gasteiger partial charge is 0.361 e. The summed E-state index contributed by atoms with van der Waals surface area (Å²) in [5.74, 6) is 0.306. The number of benzene rings is 1. The van der Waals surface area contributed by atoms with Crippen LogP contribution in [0.2, 0.25) is 0 Å². The number of fused-ring (bicyclic) bond motifs is 1. The summed E-state index contributed by atoms with van der Waals surface area (Å²) < 4.78 is 0. The van der Waals surface area contributed by atoms with E-state index in [1.54, 1.807) is 18.3 Å². The highest BCUT2D eigenvalue weighted by molar-refractivity contribution is 6.05. The predicted molar refractivity (Wildman–Crippen MR) is 68.3 cm³/mol. The van der Waals surface area contributed by atoms with Gasteiger partial charge in [-0.3, -0.25) is 4.79 Å². The normalized spacial score (nSPS) is 10.4. The second-order valence-corrected chi connectivity index (χ2v) is 3.83. The van der Waals surface area contributed by atoms with Gasteiger partial charge in [0.1, 0.15) is 12.1 Å². The van der Waals surface area contributed by atoms with Gasteiger partial charge in [0.25, 0.3) is 5.91 Å². The highest BCUT2D eigenvalue weighted by Crippen LogP contribution is 2.15. The molecule has 0 radical (unpaired) electrons. The van der Waals surface area contributed by atoms with Gasteiger partial charge in [-0.05, 0) is 30.3 Å². The highest BCUT2D eigenvalue weighted by atomic mass is 16.1. The lowest BCUT2D eigenvalue weighted by Gasteiger charge is -2.03. The number of aromatic nitrogens is 3. The Kier molecular flexibility index (Phi) is 2.49. The Hall–Kier alpha value is -2.69. The van der Waals surface area contributed by atoms with E-state index in [1.165, 1.54) is 6.33 Å². The lowest BCUT2D eigenvalue weighted by Crippen LogP contribution is -2.12. The molecule has 0 fully saturated rings. The van der Waals surface area contributed by atoms with Crippen LogP contribution in [0.25, 0.3) is 10.9 Å². The van der Waals surface area contributed by atoms with Crippen LogP contribution >= 0.6 is 0 Å². The van der Waals surface area contributed by atoms with Crippen LogP contribution in [-0.4, -0.2) is 20.9 Å². The second kappa shape index (κ2) is 4.29. The quantitative estimate of drug-likeness (QED) is 0.719. The summed E-state index contributed by atoms with van der Waals surface area (Å²) in [5, 5.41) is 3.72. The van der Waals surface area contributed by atoms with E-state index in [0.717, 1.165) is 10.9 Å². The van der Waals surface area contributed by atoms with E-state index < -0.39 is 0 Å². The molecule has 3 aromatic rings. The van der Waals surface area contributed by atoms with Gasteiger partial charge < -0.3 is 10.3 Å². The Morgan fingerprint density at radius 3 is 3.00 bits per heavy atom. The summed E-state index contributed by atoms with van der Waals surface area (Å²) >= 11 is 0. The first kappa shape index (κ1) is 10.5. The summed E-state index contributed by atoms with van der Waals surface area (Å²) in [5.41, 5.74) is 1.61. The van der Waals surface area contributed by atoms with E-state index in [2.05, 4.69) is 20.3 Å². The molecule has 1 aromatic carbocycles. The number of H-pyrrole nitrogens is 1. The number of hydrogen-bond donors (Lipinski definition) is 2. The number of aromatic amines is 1. The predicted octanol–water partition coefficient (Wildman–Crippen LogP) is 2.21. The SMILES string of the molecule is O=C(Nc1ccncn1)c1ccc2[nH]ccc2c1. The Bertz CT molecular complexity index is 690. The molecule has 0 spiro atoms. The number of carbonyl (C=O) groups excluding carboxylic acids is 1. The van der Waals surface area contributed by atoms with E-state index in [1.807, 2.05) is 24.4 Å². The summed E-state index contributed by atoms with van der Waals surface area (Å²) in [7, 11) is 0. The Morgan fingerprint density at radius 2 is 2.17 bits per heavy atom. The molecule has 1 amide bonds. The molecule has 5 heteroatoms. The van der Waals surface area contributed by atoms with Crippen molar-refractivity contribution in [3.05, 3.63) is 54.6 Å². The van der Waals surface area contributed by atoms with Crippen LogP contribution in [0.15, 0.2) is 49.1 Å². The van der Waals surface area contributed by atoms with Crippen LogP contribution < -0.4 is 5.32 Å². The molecule has 2 aromatic heterocycles. The molecule has 0 aliphatic heterocycles. The zero-order valence-corrected chi connectivity index (χ0v) is 9.42. The average molecular weight is 238 g/mol. The minimum absolute atomic E-state index is 0.184. The molecular formula is C13H10N4O. The molecule has 0 bridgehead atoms. The lowest BCUT2D eigenvalue weighted by molar-refractivity contribution is 0.102. The van der Waals surface area contributed by atoms with E-state index in [4.69, 9.17) is 0 Å². The molecule has 2 N–H and O–H groups in total. The molecule has 0 saturated heterocycles. The molecule has 0 unspecified atom stereocenters. The topological polar surface area (TPSA) is 70.7 Å². The molecule has 0 atom stereocenters. The maximum atomic E-state index is 12.0. The molecular weight excluding hydrogens is 228 g/mol. The van der Waals surface area contributed by atoms with Gasteiger partial charge >= 0.3 is 0 Å². The van der Waals surface area contributed by atoms with Crippen molar-refractivity contribution in [3.8, 4) is 0 Å². The first-order valence-corrected chi connectivity index (χ1v) is 5.47. The molecule has 3 rings (SSSR count). The maximum Gasteiger partial charge on any atom is 0.256 e. The average Bonchev–Trinajstić information content (AvgIpc) is 2.87.